The molecule has 0 atom stereocenters. The molecule has 0 bridgehead atoms. The molecule has 1 aromatic carbocycles. The lowest BCUT2D eigenvalue weighted by Gasteiger charge is -2.09. The quantitative estimate of drug-likeness (QED) is 0.868. The topological polar surface area (TPSA) is 44.5 Å². The first kappa shape index (κ1) is 11.0. The number of aromatic nitrogens is 1. The molecule has 2 rings (SSSR count). The molecule has 0 aliphatic heterocycles. The van der Waals surface area contributed by atoms with E-state index in [4.69, 9.17) is 13.9 Å². The van der Waals surface area contributed by atoms with Crippen LogP contribution in [-0.2, 0) is 0 Å². The Hall–Kier alpha value is -1.49. The van der Waals surface area contributed by atoms with Crippen molar-refractivity contribution in [2.75, 3.05) is 14.2 Å². The highest BCUT2D eigenvalue weighted by molar-refractivity contribution is 9.10. The molecule has 1 heterocycles. The van der Waals surface area contributed by atoms with Crippen molar-refractivity contribution in [3.63, 3.8) is 0 Å². The highest BCUT2D eigenvalue weighted by atomic mass is 79.9. The number of halogens is 1. The zero-order valence-electron chi connectivity index (χ0n) is 8.86. The normalized spacial score (nSPS) is 10.2. The summed E-state index contributed by atoms with van der Waals surface area (Å²) >= 11 is 3.40. The van der Waals surface area contributed by atoms with Crippen LogP contribution in [0.2, 0.25) is 0 Å². The maximum Gasteiger partial charge on any atom is 0.181 e. The fourth-order valence-electron chi connectivity index (χ4n) is 1.37. The van der Waals surface area contributed by atoms with Gasteiger partial charge in [-0.25, -0.2) is 4.98 Å². The summed E-state index contributed by atoms with van der Waals surface area (Å²) < 4.78 is 16.5. The first-order valence-corrected chi connectivity index (χ1v) is 5.36. The predicted molar refractivity (Wildman–Crippen MR) is 62.7 cm³/mol. The third-order valence-corrected chi connectivity index (χ3v) is 2.94. The molecule has 0 aliphatic carbocycles. The van der Waals surface area contributed by atoms with Gasteiger partial charge in [-0.05, 0) is 28.1 Å². The fraction of sp³-hybridized carbons (Fsp3) is 0.182. The van der Waals surface area contributed by atoms with Crippen LogP contribution < -0.4 is 9.47 Å². The molecule has 0 spiro atoms. The summed E-state index contributed by atoms with van der Waals surface area (Å²) in [5.41, 5.74) is 0.856. The van der Waals surface area contributed by atoms with Gasteiger partial charge in [0.15, 0.2) is 12.2 Å². The Morgan fingerprint density at radius 3 is 2.25 bits per heavy atom. The van der Waals surface area contributed by atoms with Crippen molar-refractivity contribution < 1.29 is 13.9 Å². The molecular formula is C11H10BrNO3. The van der Waals surface area contributed by atoms with E-state index in [0.717, 1.165) is 10.0 Å². The summed E-state index contributed by atoms with van der Waals surface area (Å²) in [6, 6.07) is 3.71. The van der Waals surface area contributed by atoms with Crippen molar-refractivity contribution in [3.05, 3.63) is 29.2 Å². The first-order valence-electron chi connectivity index (χ1n) is 4.56. The number of hydrogen-bond acceptors (Lipinski definition) is 4. The lowest BCUT2D eigenvalue weighted by atomic mass is 10.1. The highest BCUT2D eigenvalue weighted by Gasteiger charge is 2.12. The third-order valence-electron chi connectivity index (χ3n) is 2.16. The summed E-state index contributed by atoms with van der Waals surface area (Å²) in [5.74, 6) is 2.04. The molecule has 0 N–H and O–H groups in total. The van der Waals surface area contributed by atoms with Crippen LogP contribution in [0.4, 0.5) is 0 Å². The molecule has 5 heteroatoms. The molecular weight excluding hydrogens is 274 g/mol. The van der Waals surface area contributed by atoms with E-state index < -0.39 is 0 Å². The number of ether oxygens (including phenoxy) is 2. The van der Waals surface area contributed by atoms with E-state index >= 15 is 0 Å². The number of benzene rings is 1. The van der Waals surface area contributed by atoms with Crippen molar-refractivity contribution in [3.8, 4) is 22.8 Å². The predicted octanol–water partition coefficient (Wildman–Crippen LogP) is 3.12. The van der Waals surface area contributed by atoms with Gasteiger partial charge in [-0.1, -0.05) is 0 Å². The Kier molecular flexibility index (Phi) is 3.14. The standard InChI is InChI=1S/C11H10BrNO3/c1-14-8-3-7(10-5-13-6-16-10)4-9(15-2)11(8)12/h3-6H,1-2H3. The van der Waals surface area contributed by atoms with Crippen molar-refractivity contribution in [2.45, 2.75) is 0 Å². The van der Waals surface area contributed by atoms with Crippen LogP contribution in [0.1, 0.15) is 0 Å². The van der Waals surface area contributed by atoms with E-state index in [1.54, 1.807) is 20.4 Å². The van der Waals surface area contributed by atoms with E-state index in [-0.39, 0.29) is 0 Å². The van der Waals surface area contributed by atoms with Crippen LogP contribution in [0.15, 0.2) is 33.6 Å². The smallest absolute Gasteiger partial charge is 0.181 e. The Balaban J connectivity index is 2.56. The molecule has 1 aromatic heterocycles. The number of nitrogens with zero attached hydrogens (tertiary/aromatic N) is 1. The van der Waals surface area contributed by atoms with Crippen molar-refractivity contribution in [1.82, 2.24) is 4.98 Å². The molecule has 0 aliphatic rings. The maximum absolute atomic E-state index is 5.24. The molecule has 0 radical (unpaired) electrons. The molecule has 0 unspecified atom stereocenters. The monoisotopic (exact) mass is 283 g/mol. The summed E-state index contributed by atoms with van der Waals surface area (Å²) in [4.78, 5) is 3.87. The van der Waals surface area contributed by atoms with Crippen molar-refractivity contribution >= 4 is 15.9 Å². The van der Waals surface area contributed by atoms with Gasteiger partial charge in [0.2, 0.25) is 0 Å². The van der Waals surface area contributed by atoms with E-state index in [9.17, 15) is 0 Å². The summed E-state index contributed by atoms with van der Waals surface area (Å²) in [6.07, 6.45) is 3.03. The number of methoxy groups -OCH3 is 2. The lowest BCUT2D eigenvalue weighted by Crippen LogP contribution is -1.91. The van der Waals surface area contributed by atoms with Crippen LogP contribution in [0.5, 0.6) is 11.5 Å². The maximum atomic E-state index is 5.24. The number of hydrogen-bond donors (Lipinski definition) is 0. The van der Waals surface area contributed by atoms with Gasteiger partial charge in [-0.3, -0.25) is 0 Å². The second-order valence-electron chi connectivity index (χ2n) is 3.06. The van der Waals surface area contributed by atoms with Gasteiger partial charge >= 0.3 is 0 Å². The van der Waals surface area contributed by atoms with E-state index in [2.05, 4.69) is 20.9 Å². The average molecular weight is 284 g/mol. The molecule has 0 saturated carbocycles. The Labute approximate surface area is 101 Å². The third kappa shape index (κ3) is 1.90. The van der Waals surface area contributed by atoms with Crippen LogP contribution in [0.25, 0.3) is 11.3 Å². The summed E-state index contributed by atoms with van der Waals surface area (Å²) in [6.45, 7) is 0. The number of rotatable bonds is 3. The van der Waals surface area contributed by atoms with Crippen molar-refractivity contribution in [2.24, 2.45) is 0 Å². The average Bonchev–Trinajstić information content (AvgIpc) is 2.83. The first-order chi connectivity index (χ1) is 7.76. The van der Waals surface area contributed by atoms with Gasteiger partial charge in [0.1, 0.15) is 16.0 Å². The number of oxazole rings is 1. The minimum absolute atomic E-state index is 0.670. The van der Waals surface area contributed by atoms with Gasteiger partial charge < -0.3 is 13.9 Å². The van der Waals surface area contributed by atoms with Gasteiger partial charge in [0, 0.05) is 5.56 Å². The molecule has 0 amide bonds. The molecule has 16 heavy (non-hydrogen) atoms. The highest BCUT2D eigenvalue weighted by Crippen LogP contribution is 2.38. The molecule has 84 valence electrons. The second kappa shape index (κ2) is 4.57. The van der Waals surface area contributed by atoms with E-state index in [1.165, 1.54) is 6.39 Å². The van der Waals surface area contributed by atoms with Gasteiger partial charge in [0.05, 0.1) is 20.4 Å². The summed E-state index contributed by atoms with van der Waals surface area (Å²) in [7, 11) is 3.20. The minimum Gasteiger partial charge on any atom is -0.495 e. The van der Waals surface area contributed by atoms with Crippen LogP contribution in [-0.4, -0.2) is 19.2 Å². The Morgan fingerprint density at radius 1 is 1.19 bits per heavy atom. The molecule has 2 aromatic rings. The lowest BCUT2D eigenvalue weighted by molar-refractivity contribution is 0.389. The van der Waals surface area contributed by atoms with E-state index in [1.807, 2.05) is 12.1 Å². The van der Waals surface area contributed by atoms with Crippen LogP contribution in [0.3, 0.4) is 0 Å². The van der Waals surface area contributed by atoms with E-state index in [0.29, 0.717) is 17.3 Å². The zero-order chi connectivity index (χ0) is 11.5. The van der Waals surface area contributed by atoms with Crippen molar-refractivity contribution in [1.29, 1.82) is 0 Å². The van der Waals surface area contributed by atoms with Gasteiger partial charge in [-0.2, -0.15) is 0 Å². The van der Waals surface area contributed by atoms with Crippen LogP contribution in [0, 0.1) is 0 Å². The van der Waals surface area contributed by atoms with Gasteiger partial charge in [0.25, 0.3) is 0 Å². The van der Waals surface area contributed by atoms with Gasteiger partial charge in [-0.15, -0.1) is 0 Å². The SMILES string of the molecule is COc1cc(-c2cnco2)cc(OC)c1Br. The Morgan fingerprint density at radius 2 is 1.81 bits per heavy atom. The molecule has 4 nitrogen and oxygen atoms in total. The molecule has 0 saturated heterocycles. The fourth-order valence-corrected chi connectivity index (χ4v) is 1.92. The zero-order valence-corrected chi connectivity index (χ0v) is 10.4. The second-order valence-corrected chi connectivity index (χ2v) is 3.85. The summed E-state index contributed by atoms with van der Waals surface area (Å²) in [5, 5.41) is 0. The minimum atomic E-state index is 0.670. The van der Waals surface area contributed by atoms with Crippen LogP contribution >= 0.6 is 15.9 Å². The molecule has 0 fully saturated rings. The largest absolute Gasteiger partial charge is 0.495 e. The Bertz CT molecular complexity index is 457.